The minimum Gasteiger partial charge on any atom is -0.444 e. The van der Waals surface area contributed by atoms with Gasteiger partial charge in [0.15, 0.2) is 0 Å². The van der Waals surface area contributed by atoms with Crippen LogP contribution in [0.25, 0.3) is 0 Å². The van der Waals surface area contributed by atoms with Crippen LogP contribution in [-0.4, -0.2) is 76.6 Å². The number of anilines is 1. The highest BCUT2D eigenvalue weighted by molar-refractivity contribution is 5.80. The lowest BCUT2D eigenvalue weighted by Gasteiger charge is -2.27. The minimum absolute atomic E-state index is 0.0247. The van der Waals surface area contributed by atoms with Crippen LogP contribution in [0.5, 0.6) is 0 Å². The molecule has 2 amide bonds. The number of nitrogens with zero attached hydrogens (tertiary/aromatic N) is 5. The Hall–Kier alpha value is -2.38. The summed E-state index contributed by atoms with van der Waals surface area (Å²) in [7, 11) is 0. The van der Waals surface area contributed by atoms with E-state index in [-0.39, 0.29) is 17.9 Å². The first-order valence-electron chi connectivity index (χ1n) is 10.0. The fourth-order valence-electron chi connectivity index (χ4n) is 3.69. The SMILES string of the molecule is Cc1nccc(N2CCC(C(=O)N3CCCN(C(=O)OC(C)(C)C)CC3)C2)n1. The van der Waals surface area contributed by atoms with Gasteiger partial charge in [0.05, 0.1) is 5.92 Å². The van der Waals surface area contributed by atoms with E-state index in [1.165, 1.54) is 0 Å². The van der Waals surface area contributed by atoms with Crippen molar-refractivity contribution >= 4 is 17.8 Å². The molecular weight excluding hydrogens is 358 g/mol. The molecule has 28 heavy (non-hydrogen) atoms. The van der Waals surface area contributed by atoms with Crippen molar-refractivity contribution in [3.8, 4) is 0 Å². The van der Waals surface area contributed by atoms with Crippen molar-refractivity contribution in [1.29, 1.82) is 0 Å². The maximum absolute atomic E-state index is 13.0. The van der Waals surface area contributed by atoms with Gasteiger partial charge in [-0.1, -0.05) is 0 Å². The summed E-state index contributed by atoms with van der Waals surface area (Å²) in [6.45, 7) is 11.3. The second kappa shape index (κ2) is 8.32. The van der Waals surface area contributed by atoms with Gasteiger partial charge in [-0.15, -0.1) is 0 Å². The topological polar surface area (TPSA) is 78.9 Å². The molecule has 0 radical (unpaired) electrons. The number of hydrogen-bond acceptors (Lipinski definition) is 6. The van der Waals surface area contributed by atoms with Gasteiger partial charge in [0.2, 0.25) is 5.91 Å². The highest BCUT2D eigenvalue weighted by Gasteiger charge is 2.33. The first-order valence-corrected chi connectivity index (χ1v) is 10.0. The van der Waals surface area contributed by atoms with Crippen molar-refractivity contribution < 1.29 is 14.3 Å². The third-order valence-electron chi connectivity index (χ3n) is 5.08. The van der Waals surface area contributed by atoms with Crippen LogP contribution in [0.1, 0.15) is 39.4 Å². The first-order chi connectivity index (χ1) is 13.2. The average molecular weight is 390 g/mol. The van der Waals surface area contributed by atoms with E-state index < -0.39 is 5.60 Å². The predicted octanol–water partition coefficient (Wildman–Crippen LogP) is 2.08. The molecule has 1 unspecified atom stereocenters. The molecule has 1 aromatic heterocycles. The molecule has 8 nitrogen and oxygen atoms in total. The molecule has 0 aromatic carbocycles. The zero-order valence-corrected chi connectivity index (χ0v) is 17.3. The van der Waals surface area contributed by atoms with E-state index in [0.29, 0.717) is 32.7 Å². The van der Waals surface area contributed by atoms with Crippen LogP contribution in [0.4, 0.5) is 10.6 Å². The number of rotatable bonds is 2. The molecular formula is C20H31N5O3. The number of aryl methyl sites for hydroxylation is 1. The molecule has 0 spiro atoms. The van der Waals surface area contributed by atoms with E-state index in [0.717, 1.165) is 31.0 Å². The summed E-state index contributed by atoms with van der Waals surface area (Å²) in [6.07, 6.45) is 3.06. The van der Waals surface area contributed by atoms with Gasteiger partial charge < -0.3 is 19.4 Å². The van der Waals surface area contributed by atoms with Crippen molar-refractivity contribution in [3.63, 3.8) is 0 Å². The van der Waals surface area contributed by atoms with Crippen LogP contribution in [0.3, 0.4) is 0 Å². The van der Waals surface area contributed by atoms with Gasteiger partial charge in [-0.2, -0.15) is 0 Å². The van der Waals surface area contributed by atoms with Gasteiger partial charge >= 0.3 is 6.09 Å². The van der Waals surface area contributed by atoms with E-state index in [2.05, 4.69) is 14.9 Å². The molecule has 0 aliphatic carbocycles. The van der Waals surface area contributed by atoms with E-state index >= 15 is 0 Å². The number of ether oxygens (including phenoxy) is 1. The van der Waals surface area contributed by atoms with Gasteiger partial charge in [-0.05, 0) is 46.6 Å². The van der Waals surface area contributed by atoms with Crippen molar-refractivity contribution in [2.24, 2.45) is 5.92 Å². The molecule has 0 bridgehead atoms. The Morgan fingerprint density at radius 3 is 2.54 bits per heavy atom. The van der Waals surface area contributed by atoms with Gasteiger partial charge in [0, 0.05) is 45.5 Å². The van der Waals surface area contributed by atoms with E-state index in [9.17, 15) is 9.59 Å². The third kappa shape index (κ3) is 5.11. The van der Waals surface area contributed by atoms with Crippen LogP contribution in [0.2, 0.25) is 0 Å². The van der Waals surface area contributed by atoms with Crippen LogP contribution >= 0.6 is 0 Å². The molecule has 2 saturated heterocycles. The summed E-state index contributed by atoms with van der Waals surface area (Å²) in [5, 5.41) is 0. The molecule has 2 aliphatic rings. The zero-order valence-electron chi connectivity index (χ0n) is 17.3. The average Bonchev–Trinajstić information content (AvgIpc) is 2.97. The Bertz CT molecular complexity index is 718. The Labute approximate surface area is 166 Å². The molecule has 1 aromatic rings. The zero-order chi connectivity index (χ0) is 20.3. The lowest BCUT2D eigenvalue weighted by molar-refractivity contribution is -0.134. The van der Waals surface area contributed by atoms with E-state index in [1.54, 1.807) is 11.1 Å². The number of aromatic nitrogens is 2. The Kier molecular flexibility index (Phi) is 6.05. The summed E-state index contributed by atoms with van der Waals surface area (Å²) in [4.78, 5) is 39.7. The van der Waals surface area contributed by atoms with Crippen LogP contribution in [0, 0.1) is 12.8 Å². The van der Waals surface area contributed by atoms with Gasteiger partial charge in [0.25, 0.3) is 0 Å². The fourth-order valence-corrected chi connectivity index (χ4v) is 3.69. The maximum Gasteiger partial charge on any atom is 0.410 e. The molecule has 3 rings (SSSR count). The van der Waals surface area contributed by atoms with Crippen LogP contribution in [-0.2, 0) is 9.53 Å². The molecule has 3 heterocycles. The smallest absolute Gasteiger partial charge is 0.410 e. The quantitative estimate of drug-likeness (QED) is 0.771. The number of amides is 2. The lowest BCUT2D eigenvalue weighted by atomic mass is 10.1. The Morgan fingerprint density at radius 2 is 1.82 bits per heavy atom. The minimum atomic E-state index is -0.508. The molecule has 154 valence electrons. The summed E-state index contributed by atoms with van der Waals surface area (Å²) >= 11 is 0. The number of carbonyl (C=O) groups excluding carboxylic acids is 2. The monoisotopic (exact) mass is 389 g/mol. The molecule has 2 aliphatic heterocycles. The van der Waals surface area contributed by atoms with Crippen molar-refractivity contribution in [2.45, 2.75) is 46.1 Å². The largest absolute Gasteiger partial charge is 0.444 e. The summed E-state index contributed by atoms with van der Waals surface area (Å²) < 4.78 is 5.47. The normalized spacial score (nSPS) is 20.9. The summed E-state index contributed by atoms with van der Waals surface area (Å²) in [5.41, 5.74) is -0.508. The van der Waals surface area contributed by atoms with Gasteiger partial charge in [-0.25, -0.2) is 14.8 Å². The first kappa shape index (κ1) is 20.4. The number of hydrogen-bond donors (Lipinski definition) is 0. The Balaban J connectivity index is 1.54. The predicted molar refractivity (Wildman–Crippen MR) is 106 cm³/mol. The summed E-state index contributed by atoms with van der Waals surface area (Å²) in [6, 6.07) is 1.89. The fraction of sp³-hybridized carbons (Fsp3) is 0.700. The van der Waals surface area contributed by atoms with Crippen molar-refractivity contribution in [2.75, 3.05) is 44.2 Å². The second-order valence-electron chi connectivity index (χ2n) is 8.54. The molecule has 8 heteroatoms. The molecule has 2 fully saturated rings. The highest BCUT2D eigenvalue weighted by Crippen LogP contribution is 2.24. The van der Waals surface area contributed by atoms with E-state index in [4.69, 9.17) is 4.74 Å². The van der Waals surface area contributed by atoms with E-state index in [1.807, 2.05) is 38.7 Å². The molecule has 0 saturated carbocycles. The summed E-state index contributed by atoms with van der Waals surface area (Å²) in [5.74, 6) is 1.78. The number of carbonyl (C=O) groups is 2. The maximum atomic E-state index is 13.0. The molecule has 1 atom stereocenters. The van der Waals surface area contributed by atoms with Crippen LogP contribution < -0.4 is 4.90 Å². The van der Waals surface area contributed by atoms with Crippen molar-refractivity contribution in [3.05, 3.63) is 18.1 Å². The molecule has 0 N–H and O–H groups in total. The van der Waals surface area contributed by atoms with Gasteiger partial charge in [0.1, 0.15) is 17.2 Å². The van der Waals surface area contributed by atoms with Crippen molar-refractivity contribution in [1.82, 2.24) is 19.8 Å². The Morgan fingerprint density at radius 1 is 1.11 bits per heavy atom. The lowest BCUT2D eigenvalue weighted by Crippen LogP contribution is -2.42. The standard InChI is InChI=1S/C20H31N5O3/c1-15-21-8-6-17(22-15)25-11-7-16(14-25)18(26)23-9-5-10-24(13-12-23)19(27)28-20(2,3)4/h6,8,16H,5,7,9-14H2,1-4H3. The third-order valence-corrected chi connectivity index (χ3v) is 5.08. The van der Waals surface area contributed by atoms with Gasteiger partial charge in [-0.3, -0.25) is 4.79 Å². The second-order valence-corrected chi connectivity index (χ2v) is 8.54. The highest BCUT2D eigenvalue weighted by atomic mass is 16.6. The van der Waals surface area contributed by atoms with Crippen LogP contribution in [0.15, 0.2) is 12.3 Å².